The average molecular weight is 1190 g/mol. The second-order valence-corrected chi connectivity index (χ2v) is 42.1. The third-order valence-electron chi connectivity index (χ3n) is 21.0. The topological polar surface area (TPSA) is 143 Å². The number of hydrogen-bond acceptors (Lipinski definition) is 12. The largest absolute Gasteiger partial charge is 0.416 e. The third kappa shape index (κ3) is 13.6. The first-order valence-electron chi connectivity index (χ1n) is 32.5. The van der Waals surface area contributed by atoms with E-state index >= 15 is 0 Å². The molecule has 12 nitrogen and oxygen atoms in total. The molecule has 12 unspecified atom stereocenters. The van der Waals surface area contributed by atoms with Gasteiger partial charge in [0.15, 0.2) is 5.71 Å². The van der Waals surface area contributed by atoms with Crippen molar-refractivity contribution in [3.63, 3.8) is 0 Å². The number of carbonyl (C=O) groups is 2. The molecule has 0 radical (unpaired) electrons. The van der Waals surface area contributed by atoms with Crippen molar-refractivity contribution in [1.82, 2.24) is 0 Å². The number of oxime groups is 1. The molecule has 10 aliphatic rings. The molecule has 5 aliphatic carbocycles. The maximum atomic E-state index is 13.8. The number of rotatable bonds is 20. The molecule has 4 saturated carbocycles. The fourth-order valence-electron chi connectivity index (χ4n) is 16.6. The van der Waals surface area contributed by atoms with Crippen LogP contribution < -0.4 is 0 Å². The minimum Gasteiger partial charge on any atom is -0.416 e. The van der Waals surface area contributed by atoms with Gasteiger partial charge in [0.05, 0.1) is 48.8 Å². The maximum Gasteiger partial charge on any atom is 0.332 e. The summed E-state index contributed by atoms with van der Waals surface area (Å²) in [7, 11) is -10.4. The lowest BCUT2D eigenvalue weighted by Gasteiger charge is -2.51. The maximum absolute atomic E-state index is 13.8. The molecule has 0 amide bonds. The van der Waals surface area contributed by atoms with Gasteiger partial charge in [0.2, 0.25) is 5.78 Å². The van der Waals surface area contributed by atoms with Crippen LogP contribution in [0.4, 0.5) is 0 Å². The summed E-state index contributed by atoms with van der Waals surface area (Å²) < 4.78 is 54.4. The van der Waals surface area contributed by atoms with Gasteiger partial charge in [-0.25, -0.2) is 4.79 Å². The Morgan fingerprint density at radius 1 is 0.524 bits per heavy atom. The Hall–Kier alpha value is -2.98. The molecule has 446 valence electrons. The summed E-state index contributed by atoms with van der Waals surface area (Å²) >= 11 is 0. The van der Waals surface area contributed by atoms with Crippen molar-refractivity contribution in [1.29, 1.82) is 0 Å². The molecule has 0 N–H and O–H groups in total. The highest BCUT2D eigenvalue weighted by atomic mass is 28.5. The highest BCUT2D eigenvalue weighted by Crippen LogP contribution is 2.55. The quantitative estimate of drug-likeness (QED) is 0.0266. The minimum atomic E-state index is -2.60. The summed E-state index contributed by atoms with van der Waals surface area (Å²) in [6, 6.07) is 26.3. The Balaban J connectivity index is 0.000000173. The molecule has 9 fully saturated rings. The summed E-state index contributed by atoms with van der Waals surface area (Å²) in [6.45, 7) is 17.2. The van der Waals surface area contributed by atoms with Crippen LogP contribution in [0.15, 0.2) is 71.9 Å². The van der Waals surface area contributed by atoms with Gasteiger partial charge >= 0.3 is 40.2 Å². The van der Waals surface area contributed by atoms with Gasteiger partial charge in [-0.15, -0.1) is 0 Å². The molecule has 3 aromatic carbocycles. The monoisotopic (exact) mass is 1190 g/mol. The molecule has 5 aliphatic heterocycles. The number of ketones is 1. The van der Waals surface area contributed by atoms with Crippen LogP contribution in [0, 0.1) is 30.6 Å². The van der Waals surface area contributed by atoms with E-state index in [4.69, 9.17) is 40.2 Å². The molecular formula is C66H95NO11Si4. The fraction of sp³-hybridized carbons (Fsp3) is 0.682. The van der Waals surface area contributed by atoms with E-state index < -0.39 is 40.2 Å². The van der Waals surface area contributed by atoms with Crippen LogP contribution in [0.1, 0.15) is 182 Å². The van der Waals surface area contributed by atoms with Gasteiger partial charge in [0, 0.05) is 23.5 Å². The number of benzene rings is 3. The molecule has 13 rings (SSSR count). The molecule has 0 bridgehead atoms. The zero-order valence-corrected chi connectivity index (χ0v) is 54.7. The lowest BCUT2D eigenvalue weighted by molar-refractivity contribution is -0.140. The normalized spacial score (nSPS) is 38.1. The molecule has 3 aromatic rings. The Morgan fingerprint density at radius 2 is 0.927 bits per heavy atom. The molecule has 0 spiro atoms. The van der Waals surface area contributed by atoms with E-state index in [1.165, 1.54) is 132 Å². The van der Waals surface area contributed by atoms with Crippen LogP contribution in [0.25, 0.3) is 11.1 Å². The van der Waals surface area contributed by atoms with Crippen molar-refractivity contribution in [3.05, 3.63) is 94.5 Å². The number of fused-ring (bicyclic) bond motifs is 7. The predicted molar refractivity (Wildman–Crippen MR) is 329 cm³/mol. The number of epoxide rings is 4. The van der Waals surface area contributed by atoms with Gasteiger partial charge in [0.1, 0.15) is 0 Å². The first-order valence-corrected chi connectivity index (χ1v) is 42.6. The molecule has 82 heavy (non-hydrogen) atoms. The van der Waals surface area contributed by atoms with Crippen molar-refractivity contribution in [3.8, 4) is 11.1 Å². The highest BCUT2D eigenvalue weighted by Gasteiger charge is 2.58. The predicted octanol–water partition coefficient (Wildman–Crippen LogP) is 15.2. The van der Waals surface area contributed by atoms with Crippen LogP contribution in [0.3, 0.4) is 0 Å². The lowest BCUT2D eigenvalue weighted by atomic mass is 9.71. The highest BCUT2D eigenvalue weighted by molar-refractivity contribution is 6.94. The van der Waals surface area contributed by atoms with Gasteiger partial charge in [-0.2, -0.15) is 0 Å². The SMILES string of the molecule is CCCC1(CCC)c2ccccc2-c2ccc(C(=O)/C(=N/OC(C)=O)c3ccccc3C)cc21.C[Si]1(CCC2CCC3OC3C2)O[Si](C)(CCC2CCC3OC3C2)O[Si](C)(CCC2CCC3OC3C2)O[Si](C)(CCC2CCC3OC3C2)O1. The van der Waals surface area contributed by atoms with Gasteiger partial charge in [-0.05, 0) is 230 Å². The van der Waals surface area contributed by atoms with E-state index in [0.717, 1.165) is 79.1 Å². The molecule has 0 aromatic heterocycles. The zero-order chi connectivity index (χ0) is 57.0. The number of carbonyl (C=O) groups excluding carboxylic acids is 2. The standard InChI is InChI=1S/C36H64O8Si4.C30H31NO3/c1-45(17-13-25-5-9-29-33(21-25)37-29)41-46(2,18-14-26-6-10-30-34(22-26)38-30)43-48(4,20-16-28-8-12-32-36(24-28)40-32)44-47(3,42-45)19-15-27-7-11-31-35(23-27)39-31;1-5-17-30(18-6-2)26-14-10-9-13-24(26)25-16-15-22(19-27(25)30)29(33)28(31-34-21(4)32)23-12-8-7-11-20(23)3/h25-36H,5-24H2,1-4H3;7-16,19H,5-6,17-18H2,1-4H3/b;31-28+. The summed E-state index contributed by atoms with van der Waals surface area (Å²) in [5.74, 6) is 2.10. The van der Waals surface area contributed by atoms with E-state index in [1.807, 2.05) is 43.3 Å². The lowest BCUT2D eigenvalue weighted by Crippen LogP contribution is -2.67. The first-order chi connectivity index (χ1) is 39.4. The fourth-order valence-corrected chi connectivity index (χ4v) is 40.4. The molecule has 12 atom stereocenters. The third-order valence-corrected chi connectivity index (χ3v) is 39.6. The second kappa shape index (κ2) is 24.3. The number of Topliss-reactive ketones (excluding diaryl/α,β-unsaturated/α-hetero) is 1. The first kappa shape index (κ1) is 59.4. The van der Waals surface area contributed by atoms with E-state index in [2.05, 4.69) is 75.5 Å². The van der Waals surface area contributed by atoms with E-state index in [1.54, 1.807) is 0 Å². The molecule has 5 saturated heterocycles. The summed E-state index contributed by atoms with van der Waals surface area (Å²) in [5, 5.41) is 3.99. The Labute approximate surface area is 494 Å². The molecule has 5 heterocycles. The van der Waals surface area contributed by atoms with Crippen molar-refractivity contribution < 1.29 is 49.8 Å². The van der Waals surface area contributed by atoms with Crippen LogP contribution in [-0.4, -0.2) is 101 Å². The number of nitrogens with zero attached hydrogens (tertiary/aromatic N) is 1. The van der Waals surface area contributed by atoms with Crippen molar-refractivity contribution in [2.75, 3.05) is 0 Å². The van der Waals surface area contributed by atoms with Crippen LogP contribution in [0.2, 0.25) is 50.4 Å². The molecule has 16 heteroatoms. The summed E-state index contributed by atoms with van der Waals surface area (Å²) in [6.07, 6.45) is 28.2. The summed E-state index contributed by atoms with van der Waals surface area (Å²) in [4.78, 5) is 30.2. The Bertz CT molecular complexity index is 2640. The van der Waals surface area contributed by atoms with Crippen molar-refractivity contribution in [2.24, 2.45) is 28.8 Å². The van der Waals surface area contributed by atoms with Gasteiger partial charge in [-0.1, -0.05) is 92.5 Å². The van der Waals surface area contributed by atoms with Gasteiger partial charge in [-0.3, -0.25) is 4.79 Å². The second-order valence-electron chi connectivity index (χ2n) is 27.7. The number of hydrogen-bond donors (Lipinski definition) is 0. The Morgan fingerprint density at radius 3 is 1.33 bits per heavy atom. The van der Waals surface area contributed by atoms with Gasteiger partial charge < -0.3 is 40.2 Å². The van der Waals surface area contributed by atoms with Crippen molar-refractivity contribution in [2.45, 2.75) is 261 Å². The van der Waals surface area contributed by atoms with Crippen LogP contribution in [-0.2, 0) is 50.5 Å². The van der Waals surface area contributed by atoms with E-state index in [9.17, 15) is 9.59 Å². The zero-order valence-electron chi connectivity index (χ0n) is 50.7. The van der Waals surface area contributed by atoms with Crippen LogP contribution >= 0.6 is 0 Å². The van der Waals surface area contributed by atoms with E-state index in [0.29, 0.717) is 60.0 Å². The molecular weight excluding hydrogens is 1100 g/mol. The summed E-state index contributed by atoms with van der Waals surface area (Å²) in [5.41, 5.74) is 7.15. The van der Waals surface area contributed by atoms with Gasteiger partial charge in [0.25, 0.3) is 0 Å². The number of ether oxygens (including phenoxy) is 4. The van der Waals surface area contributed by atoms with Crippen LogP contribution in [0.5, 0.6) is 0 Å². The average Bonchev–Trinajstić information content (AvgIpc) is 4.30. The van der Waals surface area contributed by atoms with Crippen molar-refractivity contribution >= 4 is 51.7 Å². The Kier molecular flexibility index (Phi) is 17.6. The smallest absolute Gasteiger partial charge is 0.332 e. The minimum absolute atomic E-state index is 0.110. The van der Waals surface area contributed by atoms with E-state index in [-0.39, 0.29) is 16.9 Å². The number of aryl methyl sites for hydroxylation is 1.